The second-order valence-electron chi connectivity index (χ2n) is 5.87. The van der Waals surface area contributed by atoms with Crippen LogP contribution in [0.5, 0.6) is 0 Å². The SMILES string of the molecule is Cc1c(CN(C)CCC2COCCO2)[nH]c2ccccc12. The zero-order valence-electron chi connectivity index (χ0n) is 12.9. The molecule has 4 heteroatoms. The highest BCUT2D eigenvalue weighted by Gasteiger charge is 2.15. The largest absolute Gasteiger partial charge is 0.376 e. The number of hydrogen-bond donors (Lipinski definition) is 1. The van der Waals surface area contributed by atoms with E-state index in [4.69, 9.17) is 9.47 Å². The second kappa shape index (κ2) is 6.60. The lowest BCUT2D eigenvalue weighted by Crippen LogP contribution is -2.32. The van der Waals surface area contributed by atoms with Crippen LogP contribution in [0.15, 0.2) is 24.3 Å². The topological polar surface area (TPSA) is 37.5 Å². The van der Waals surface area contributed by atoms with Gasteiger partial charge in [0.25, 0.3) is 0 Å². The van der Waals surface area contributed by atoms with E-state index in [0.29, 0.717) is 0 Å². The summed E-state index contributed by atoms with van der Waals surface area (Å²) in [5, 5.41) is 1.32. The van der Waals surface area contributed by atoms with Gasteiger partial charge in [-0.05, 0) is 32.0 Å². The Morgan fingerprint density at radius 2 is 2.14 bits per heavy atom. The van der Waals surface area contributed by atoms with Crippen molar-refractivity contribution >= 4 is 10.9 Å². The highest BCUT2D eigenvalue weighted by Crippen LogP contribution is 2.22. The number of nitrogens with zero attached hydrogens (tertiary/aromatic N) is 1. The van der Waals surface area contributed by atoms with Crippen molar-refractivity contribution in [3.63, 3.8) is 0 Å². The number of H-pyrrole nitrogens is 1. The van der Waals surface area contributed by atoms with Crippen molar-refractivity contribution in [3.05, 3.63) is 35.5 Å². The number of aromatic nitrogens is 1. The molecule has 1 N–H and O–H groups in total. The van der Waals surface area contributed by atoms with Crippen molar-refractivity contribution in [2.45, 2.75) is 26.0 Å². The molecule has 1 aliphatic heterocycles. The van der Waals surface area contributed by atoms with Crippen molar-refractivity contribution < 1.29 is 9.47 Å². The molecule has 0 spiro atoms. The van der Waals surface area contributed by atoms with Gasteiger partial charge in [-0.2, -0.15) is 0 Å². The highest BCUT2D eigenvalue weighted by atomic mass is 16.6. The van der Waals surface area contributed by atoms with Crippen molar-refractivity contribution in [3.8, 4) is 0 Å². The molecule has 1 atom stereocenters. The van der Waals surface area contributed by atoms with Crippen LogP contribution in [0.4, 0.5) is 0 Å². The summed E-state index contributed by atoms with van der Waals surface area (Å²) in [7, 11) is 2.16. The van der Waals surface area contributed by atoms with Gasteiger partial charge in [-0.3, -0.25) is 0 Å². The molecule has 1 fully saturated rings. The number of aryl methyl sites for hydroxylation is 1. The van der Waals surface area contributed by atoms with Crippen molar-refractivity contribution in [1.29, 1.82) is 0 Å². The smallest absolute Gasteiger partial charge is 0.0821 e. The summed E-state index contributed by atoms with van der Waals surface area (Å²) in [5.41, 5.74) is 3.89. The molecule has 21 heavy (non-hydrogen) atoms. The van der Waals surface area contributed by atoms with Crippen molar-refractivity contribution in [2.75, 3.05) is 33.4 Å². The minimum Gasteiger partial charge on any atom is -0.376 e. The maximum atomic E-state index is 5.69. The summed E-state index contributed by atoms with van der Waals surface area (Å²) in [6, 6.07) is 8.49. The van der Waals surface area contributed by atoms with E-state index in [2.05, 4.69) is 48.1 Å². The van der Waals surface area contributed by atoms with Crippen LogP contribution >= 0.6 is 0 Å². The molecule has 1 saturated heterocycles. The first-order chi connectivity index (χ1) is 10.2. The summed E-state index contributed by atoms with van der Waals surface area (Å²) in [4.78, 5) is 5.88. The molecule has 2 aromatic rings. The van der Waals surface area contributed by atoms with Crippen LogP contribution in [-0.2, 0) is 16.0 Å². The predicted molar refractivity (Wildman–Crippen MR) is 84.5 cm³/mol. The van der Waals surface area contributed by atoms with Crippen LogP contribution in [0.3, 0.4) is 0 Å². The first kappa shape index (κ1) is 14.6. The fraction of sp³-hybridized carbons (Fsp3) is 0.529. The monoisotopic (exact) mass is 288 g/mol. The molecule has 3 rings (SSSR count). The number of rotatable bonds is 5. The molecule has 114 valence electrons. The van der Waals surface area contributed by atoms with Crippen molar-refractivity contribution in [2.24, 2.45) is 0 Å². The summed E-state index contributed by atoms with van der Waals surface area (Å²) in [6.07, 6.45) is 1.28. The number of fused-ring (bicyclic) bond motifs is 1. The van der Waals surface area contributed by atoms with Crippen LogP contribution in [0, 0.1) is 6.92 Å². The van der Waals surface area contributed by atoms with Crippen LogP contribution < -0.4 is 0 Å². The molecule has 0 radical (unpaired) electrons. The lowest BCUT2D eigenvalue weighted by atomic mass is 10.1. The third kappa shape index (κ3) is 3.46. The molecule has 1 aliphatic rings. The van der Waals surface area contributed by atoms with E-state index in [1.807, 2.05) is 0 Å². The van der Waals surface area contributed by atoms with E-state index >= 15 is 0 Å². The Hall–Kier alpha value is -1.36. The van der Waals surface area contributed by atoms with Gasteiger partial charge in [0.2, 0.25) is 0 Å². The molecular formula is C17H24N2O2. The third-order valence-corrected chi connectivity index (χ3v) is 4.22. The minimum atomic E-state index is 0.255. The quantitative estimate of drug-likeness (QED) is 0.919. The number of nitrogens with one attached hydrogen (secondary N) is 1. The number of ether oxygens (including phenoxy) is 2. The average Bonchev–Trinajstić information content (AvgIpc) is 2.83. The fourth-order valence-corrected chi connectivity index (χ4v) is 2.91. The normalized spacial score (nSPS) is 19.5. The Morgan fingerprint density at radius 1 is 1.29 bits per heavy atom. The highest BCUT2D eigenvalue weighted by molar-refractivity contribution is 5.84. The Labute approximate surface area is 126 Å². The molecule has 1 aromatic heterocycles. The molecule has 0 saturated carbocycles. The van der Waals surface area contributed by atoms with Gasteiger partial charge in [-0.25, -0.2) is 0 Å². The predicted octanol–water partition coefficient (Wildman–Crippen LogP) is 2.71. The summed E-state index contributed by atoms with van der Waals surface area (Å²) in [6.45, 7) is 6.35. The maximum absolute atomic E-state index is 5.69. The lowest BCUT2D eigenvalue weighted by Gasteiger charge is -2.25. The van der Waals surface area contributed by atoms with Crippen LogP contribution in [0.1, 0.15) is 17.7 Å². The zero-order chi connectivity index (χ0) is 14.7. The molecule has 0 bridgehead atoms. The molecule has 1 aromatic carbocycles. The first-order valence-corrected chi connectivity index (χ1v) is 7.68. The zero-order valence-corrected chi connectivity index (χ0v) is 12.9. The maximum Gasteiger partial charge on any atom is 0.0821 e. The van der Waals surface area contributed by atoms with E-state index in [1.54, 1.807) is 0 Å². The van der Waals surface area contributed by atoms with Gasteiger partial charge in [0.15, 0.2) is 0 Å². The Bertz CT molecular complexity index is 587. The molecular weight excluding hydrogens is 264 g/mol. The van der Waals surface area contributed by atoms with E-state index in [9.17, 15) is 0 Å². The molecule has 0 aliphatic carbocycles. The van der Waals surface area contributed by atoms with Gasteiger partial charge in [-0.1, -0.05) is 18.2 Å². The Morgan fingerprint density at radius 3 is 2.90 bits per heavy atom. The van der Waals surface area contributed by atoms with Crippen molar-refractivity contribution in [1.82, 2.24) is 9.88 Å². The summed E-state index contributed by atoms with van der Waals surface area (Å²) in [5.74, 6) is 0. The third-order valence-electron chi connectivity index (χ3n) is 4.22. The Balaban J connectivity index is 1.58. The molecule has 0 amide bonds. The Kier molecular flexibility index (Phi) is 4.58. The number of hydrogen-bond acceptors (Lipinski definition) is 3. The van der Waals surface area contributed by atoms with Gasteiger partial charge < -0.3 is 19.4 Å². The molecule has 4 nitrogen and oxygen atoms in total. The fourth-order valence-electron chi connectivity index (χ4n) is 2.91. The number of aromatic amines is 1. The van der Waals surface area contributed by atoms with Gasteiger partial charge >= 0.3 is 0 Å². The van der Waals surface area contributed by atoms with Crippen LogP contribution in [0.2, 0.25) is 0 Å². The van der Waals surface area contributed by atoms with Crippen LogP contribution in [-0.4, -0.2) is 49.4 Å². The van der Waals surface area contributed by atoms with Crippen LogP contribution in [0.25, 0.3) is 10.9 Å². The summed E-state index contributed by atoms with van der Waals surface area (Å²) < 4.78 is 11.1. The van der Waals surface area contributed by atoms with E-state index in [0.717, 1.165) is 39.3 Å². The van der Waals surface area contributed by atoms with E-state index in [1.165, 1.54) is 22.2 Å². The first-order valence-electron chi connectivity index (χ1n) is 7.68. The van der Waals surface area contributed by atoms with E-state index in [-0.39, 0.29) is 6.10 Å². The van der Waals surface area contributed by atoms with Gasteiger partial charge in [0.05, 0.1) is 25.9 Å². The standard InChI is InChI=1S/C17H24N2O2/c1-13-15-5-3-4-6-16(15)18-17(13)11-19(2)8-7-14-12-20-9-10-21-14/h3-6,14,18H,7-12H2,1-2H3. The average molecular weight is 288 g/mol. The van der Waals surface area contributed by atoms with E-state index < -0.39 is 0 Å². The minimum absolute atomic E-state index is 0.255. The lowest BCUT2D eigenvalue weighted by molar-refractivity contribution is -0.0924. The van der Waals surface area contributed by atoms with Gasteiger partial charge in [-0.15, -0.1) is 0 Å². The number of benzene rings is 1. The van der Waals surface area contributed by atoms with Gasteiger partial charge in [0, 0.05) is 29.7 Å². The second-order valence-corrected chi connectivity index (χ2v) is 5.87. The van der Waals surface area contributed by atoms with Gasteiger partial charge in [0.1, 0.15) is 0 Å². The number of para-hydroxylation sites is 1. The molecule has 1 unspecified atom stereocenters. The molecule has 2 heterocycles. The summed E-state index contributed by atoms with van der Waals surface area (Å²) >= 11 is 0.